The molecule has 2 aromatic heterocycles. The minimum absolute atomic E-state index is 0.0424. The van der Waals surface area contributed by atoms with Crippen molar-refractivity contribution in [2.45, 2.75) is 64.2 Å². The van der Waals surface area contributed by atoms with Crippen LogP contribution in [0.3, 0.4) is 0 Å². The Bertz CT molecular complexity index is 1320. The first-order chi connectivity index (χ1) is 18.1. The molecular formula is C29H36N4O3S2. The minimum Gasteiger partial charge on any atom is -0.376 e. The van der Waals surface area contributed by atoms with E-state index in [1.807, 2.05) is 16.8 Å². The summed E-state index contributed by atoms with van der Waals surface area (Å²) in [5.74, 6) is 0.699. The van der Waals surface area contributed by atoms with Gasteiger partial charge in [0, 0.05) is 24.1 Å². The second-order valence-electron chi connectivity index (χ2n) is 11.1. The first-order valence-electron chi connectivity index (χ1n) is 13.2. The van der Waals surface area contributed by atoms with Crippen molar-refractivity contribution in [3.63, 3.8) is 0 Å². The molecule has 3 aromatic rings. The van der Waals surface area contributed by atoms with E-state index in [0.717, 1.165) is 53.1 Å². The zero-order valence-corrected chi connectivity index (χ0v) is 24.4. The minimum atomic E-state index is -0.275. The number of aromatic nitrogens is 2. The average Bonchev–Trinajstić information content (AvgIpc) is 3.63. The molecule has 0 unspecified atom stereocenters. The summed E-state index contributed by atoms with van der Waals surface area (Å²) >= 11 is 3.27. The number of thiophene rings is 1. The van der Waals surface area contributed by atoms with Crippen LogP contribution in [0.2, 0.25) is 0 Å². The Morgan fingerprint density at radius 3 is 2.74 bits per heavy atom. The molecule has 0 bridgehead atoms. The number of carbonyl (C=O) groups is 2. The number of fused-ring (bicyclic) bond motifs is 1. The van der Waals surface area contributed by atoms with Crippen LogP contribution in [0.25, 0.3) is 5.69 Å². The average molecular weight is 553 g/mol. The van der Waals surface area contributed by atoms with Crippen molar-refractivity contribution in [1.29, 1.82) is 0 Å². The molecule has 5 rings (SSSR count). The number of nitrogens with zero attached hydrogens (tertiary/aromatic N) is 3. The van der Waals surface area contributed by atoms with Crippen LogP contribution in [0.1, 0.15) is 66.8 Å². The Morgan fingerprint density at radius 1 is 1.24 bits per heavy atom. The van der Waals surface area contributed by atoms with Crippen molar-refractivity contribution in [3.8, 4) is 5.69 Å². The molecule has 7 nitrogen and oxygen atoms in total. The zero-order valence-electron chi connectivity index (χ0n) is 22.7. The monoisotopic (exact) mass is 552 g/mol. The van der Waals surface area contributed by atoms with Crippen molar-refractivity contribution in [1.82, 2.24) is 15.1 Å². The molecule has 9 heteroatoms. The Balaban J connectivity index is 1.66. The number of anilines is 1. The molecular weight excluding hydrogens is 516 g/mol. The summed E-state index contributed by atoms with van der Waals surface area (Å²) in [6.07, 6.45) is 2.00. The highest BCUT2D eigenvalue weighted by Crippen LogP contribution is 2.49. The molecule has 0 saturated carbocycles. The number of hydrogen-bond donors (Lipinski definition) is 1. The van der Waals surface area contributed by atoms with Crippen LogP contribution in [0.5, 0.6) is 0 Å². The number of nitrogens with one attached hydrogen (secondary N) is 1. The van der Waals surface area contributed by atoms with Gasteiger partial charge in [-0.3, -0.25) is 14.5 Å². The first kappa shape index (κ1) is 27.0. The summed E-state index contributed by atoms with van der Waals surface area (Å²) in [4.78, 5) is 28.6. The fourth-order valence-electron chi connectivity index (χ4n) is 5.13. The lowest BCUT2D eigenvalue weighted by atomic mass is 9.87. The van der Waals surface area contributed by atoms with E-state index in [4.69, 9.17) is 9.84 Å². The Hall–Kier alpha value is -2.62. The van der Waals surface area contributed by atoms with Crippen LogP contribution >= 0.6 is 23.1 Å². The van der Waals surface area contributed by atoms with Gasteiger partial charge in [0.2, 0.25) is 11.8 Å². The number of thioether (sulfide) groups is 1. The summed E-state index contributed by atoms with van der Waals surface area (Å²) in [5, 5.41) is 12.4. The Kier molecular flexibility index (Phi) is 7.71. The number of carbonyl (C=O) groups excluding carboxylic acids is 2. The number of rotatable bonds is 6. The van der Waals surface area contributed by atoms with Crippen molar-refractivity contribution in [2.75, 3.05) is 30.3 Å². The molecule has 0 aliphatic carbocycles. The van der Waals surface area contributed by atoms with Crippen molar-refractivity contribution in [3.05, 3.63) is 63.0 Å². The lowest BCUT2D eigenvalue weighted by Gasteiger charge is -2.25. The molecule has 2 amide bonds. The van der Waals surface area contributed by atoms with Gasteiger partial charge in [-0.25, -0.2) is 4.68 Å². The van der Waals surface area contributed by atoms with E-state index in [9.17, 15) is 9.59 Å². The molecule has 2 atom stereocenters. The molecule has 0 radical (unpaired) electrons. The highest BCUT2D eigenvalue weighted by molar-refractivity contribution is 8.00. The zero-order chi connectivity index (χ0) is 27.0. The van der Waals surface area contributed by atoms with Gasteiger partial charge in [0.15, 0.2) is 0 Å². The summed E-state index contributed by atoms with van der Waals surface area (Å²) in [6.45, 7) is 11.8. The second-order valence-corrected chi connectivity index (χ2v) is 13.0. The molecule has 4 heterocycles. The number of hydrogen-bond acceptors (Lipinski definition) is 6. The third kappa shape index (κ3) is 5.28. The highest BCUT2D eigenvalue weighted by Gasteiger charge is 2.40. The fourth-order valence-corrected chi connectivity index (χ4v) is 7.09. The summed E-state index contributed by atoms with van der Waals surface area (Å²) in [5.41, 5.74) is 6.00. The van der Waals surface area contributed by atoms with Gasteiger partial charge in [-0.05, 0) is 66.3 Å². The van der Waals surface area contributed by atoms with E-state index >= 15 is 0 Å². The van der Waals surface area contributed by atoms with Crippen LogP contribution < -0.4 is 10.2 Å². The number of ether oxygens (including phenoxy) is 1. The maximum absolute atomic E-state index is 13.7. The lowest BCUT2D eigenvalue weighted by molar-refractivity contribution is -0.123. The molecule has 1 aromatic carbocycles. The van der Waals surface area contributed by atoms with Gasteiger partial charge in [-0.2, -0.15) is 16.4 Å². The molecule has 1 saturated heterocycles. The topological polar surface area (TPSA) is 76.5 Å². The van der Waals surface area contributed by atoms with Crippen molar-refractivity contribution < 1.29 is 14.3 Å². The SMILES string of the molecule is Cc1cccc(-n2nc(C(C)(C)C)c3c2N(CC(=O)NC[C@H]2CCCO2)C(=O)CS[C@H]3c2ccsc2)c1C. The molecule has 2 aliphatic heterocycles. The molecule has 0 spiro atoms. The van der Waals surface area contributed by atoms with Crippen molar-refractivity contribution >= 4 is 40.7 Å². The molecule has 2 aliphatic rings. The predicted molar refractivity (Wildman–Crippen MR) is 155 cm³/mol. The third-order valence-corrected chi connectivity index (χ3v) is 9.26. The second kappa shape index (κ2) is 10.9. The van der Waals surface area contributed by atoms with Gasteiger partial charge in [-0.1, -0.05) is 32.9 Å². The van der Waals surface area contributed by atoms with E-state index in [1.54, 1.807) is 28.0 Å². The molecule has 38 heavy (non-hydrogen) atoms. The van der Waals surface area contributed by atoms with Crippen molar-refractivity contribution in [2.24, 2.45) is 0 Å². The van der Waals surface area contributed by atoms with E-state index in [2.05, 4.69) is 62.8 Å². The van der Waals surface area contributed by atoms with Gasteiger partial charge < -0.3 is 10.1 Å². The van der Waals surface area contributed by atoms with Gasteiger partial charge in [0.05, 0.1) is 28.5 Å². The smallest absolute Gasteiger partial charge is 0.240 e. The fraction of sp³-hybridized carbons (Fsp3) is 0.483. The number of amides is 2. The quantitative estimate of drug-likeness (QED) is 0.448. The van der Waals surface area contributed by atoms with E-state index in [-0.39, 0.29) is 40.9 Å². The van der Waals surface area contributed by atoms with Gasteiger partial charge in [0.1, 0.15) is 12.4 Å². The summed E-state index contributed by atoms with van der Waals surface area (Å²) in [7, 11) is 0. The lowest BCUT2D eigenvalue weighted by Crippen LogP contribution is -2.44. The predicted octanol–water partition coefficient (Wildman–Crippen LogP) is 5.31. The standard InChI is InChI=1S/C29H36N4O3S2/c1-18-8-6-10-22(19(18)2)33-28-25(27(31-33)29(3,4)5)26(20-11-13-37-16-20)38-17-24(35)32(28)15-23(34)30-14-21-9-7-12-36-21/h6,8,10-11,13,16,21,26H,7,9,12,14-15,17H2,1-5H3,(H,30,34)/t21-,26+/m1/s1. The van der Waals surface area contributed by atoms with Crippen LogP contribution in [0.15, 0.2) is 35.0 Å². The molecule has 202 valence electrons. The largest absolute Gasteiger partial charge is 0.376 e. The van der Waals surface area contributed by atoms with Crippen LogP contribution in [-0.2, 0) is 19.7 Å². The van der Waals surface area contributed by atoms with Crippen LogP contribution in [0.4, 0.5) is 5.82 Å². The highest BCUT2D eigenvalue weighted by atomic mass is 32.2. The maximum atomic E-state index is 13.7. The van der Waals surface area contributed by atoms with Crippen LogP contribution in [0, 0.1) is 13.8 Å². The van der Waals surface area contributed by atoms with Gasteiger partial charge in [0.25, 0.3) is 0 Å². The summed E-state index contributed by atoms with van der Waals surface area (Å²) in [6, 6.07) is 8.27. The van der Waals surface area contributed by atoms with E-state index in [1.165, 1.54) is 0 Å². The summed E-state index contributed by atoms with van der Waals surface area (Å²) < 4.78 is 7.59. The third-order valence-electron chi connectivity index (χ3n) is 7.30. The van der Waals surface area contributed by atoms with E-state index < -0.39 is 0 Å². The number of benzene rings is 1. The van der Waals surface area contributed by atoms with Gasteiger partial charge in [-0.15, -0.1) is 11.8 Å². The Morgan fingerprint density at radius 2 is 2.05 bits per heavy atom. The van der Waals surface area contributed by atoms with Crippen LogP contribution in [-0.4, -0.2) is 53.1 Å². The van der Waals surface area contributed by atoms with E-state index in [0.29, 0.717) is 12.4 Å². The Labute approximate surface area is 232 Å². The maximum Gasteiger partial charge on any atom is 0.240 e. The normalized spacial score (nSPS) is 19.9. The van der Waals surface area contributed by atoms with Gasteiger partial charge >= 0.3 is 0 Å². The molecule has 1 fully saturated rings. The molecule has 1 N–H and O–H groups in total. The number of aryl methyl sites for hydroxylation is 1. The first-order valence-corrected chi connectivity index (χ1v) is 15.2.